The van der Waals surface area contributed by atoms with Crippen LogP contribution in [-0.4, -0.2) is 31.2 Å². The highest BCUT2D eigenvalue weighted by molar-refractivity contribution is 7.89. The largest absolute Gasteiger partial charge is 0.349 e. The lowest BCUT2D eigenvalue weighted by molar-refractivity contribution is 0.496. The summed E-state index contributed by atoms with van der Waals surface area (Å²) in [6.07, 6.45) is 12.1. The van der Waals surface area contributed by atoms with Crippen LogP contribution >= 0.6 is 0 Å². The van der Waals surface area contributed by atoms with Gasteiger partial charge in [-0.1, -0.05) is 12.1 Å². The average Bonchev–Trinajstić information content (AvgIpc) is 3.04. The van der Waals surface area contributed by atoms with E-state index >= 15 is 0 Å². The predicted molar refractivity (Wildman–Crippen MR) is 98.9 cm³/mol. The van der Waals surface area contributed by atoms with E-state index in [-0.39, 0.29) is 11.4 Å². The van der Waals surface area contributed by atoms with Gasteiger partial charge in [-0.2, -0.15) is 0 Å². The second kappa shape index (κ2) is 6.43. The fourth-order valence-corrected chi connectivity index (χ4v) is 5.28. The summed E-state index contributed by atoms with van der Waals surface area (Å²) in [6, 6.07) is 5.20. The SMILES string of the molecule is CN1C=CC=C2C1=C(C1=CCCCC1)CN2S(=O)(=O)c1cccc(F)c1. The standard InChI is InChI=1S/C20H21FN2O2S/c1-22-12-6-11-19-20(22)18(15-7-3-2-4-8-15)14-23(19)26(24,25)17-10-5-9-16(21)13-17/h5-7,9-13H,2-4,8,14H2,1H3. The van der Waals surface area contributed by atoms with E-state index in [2.05, 4.69) is 6.08 Å². The van der Waals surface area contributed by atoms with Gasteiger partial charge in [-0.15, -0.1) is 0 Å². The lowest BCUT2D eigenvalue weighted by Gasteiger charge is -2.26. The highest BCUT2D eigenvalue weighted by Crippen LogP contribution is 2.41. The summed E-state index contributed by atoms with van der Waals surface area (Å²) in [5.41, 5.74) is 3.88. The molecule has 0 amide bonds. The van der Waals surface area contributed by atoms with E-state index in [4.69, 9.17) is 0 Å². The molecule has 3 aliphatic rings. The maximum absolute atomic E-state index is 13.6. The minimum absolute atomic E-state index is 0.0196. The Morgan fingerprint density at radius 3 is 2.77 bits per heavy atom. The van der Waals surface area contributed by atoms with Gasteiger partial charge in [0, 0.05) is 18.8 Å². The van der Waals surface area contributed by atoms with Crippen LogP contribution in [0.5, 0.6) is 0 Å². The van der Waals surface area contributed by atoms with Gasteiger partial charge >= 0.3 is 0 Å². The Hall–Kier alpha value is -2.34. The van der Waals surface area contributed by atoms with E-state index in [1.54, 1.807) is 0 Å². The molecule has 0 unspecified atom stereocenters. The summed E-state index contributed by atoms with van der Waals surface area (Å²) in [5, 5.41) is 0. The number of fused-ring (bicyclic) bond motifs is 1. The molecule has 26 heavy (non-hydrogen) atoms. The van der Waals surface area contributed by atoms with Crippen molar-refractivity contribution in [3.8, 4) is 0 Å². The fourth-order valence-electron chi connectivity index (χ4n) is 3.80. The number of halogens is 1. The summed E-state index contributed by atoms with van der Waals surface area (Å²) in [5.74, 6) is -0.552. The van der Waals surface area contributed by atoms with Gasteiger partial charge in [0.25, 0.3) is 10.0 Å². The fraction of sp³-hybridized carbons (Fsp3) is 0.300. The van der Waals surface area contributed by atoms with Crippen LogP contribution in [0.1, 0.15) is 25.7 Å². The Morgan fingerprint density at radius 1 is 1.19 bits per heavy atom. The smallest absolute Gasteiger partial charge is 0.264 e. The van der Waals surface area contributed by atoms with Crippen molar-refractivity contribution >= 4 is 10.0 Å². The number of likely N-dealkylation sites (N-methyl/N-ethyl adjacent to an activating group) is 1. The molecule has 1 aliphatic carbocycles. The number of rotatable bonds is 3. The van der Waals surface area contributed by atoms with Crippen molar-refractivity contribution in [3.05, 3.63) is 77.1 Å². The molecule has 1 aromatic rings. The van der Waals surface area contributed by atoms with Crippen LogP contribution in [0.2, 0.25) is 0 Å². The minimum atomic E-state index is -3.83. The number of hydrogen-bond acceptors (Lipinski definition) is 3. The van der Waals surface area contributed by atoms with E-state index in [1.807, 2.05) is 30.3 Å². The van der Waals surface area contributed by atoms with E-state index < -0.39 is 15.8 Å². The highest BCUT2D eigenvalue weighted by Gasteiger charge is 2.38. The van der Waals surface area contributed by atoms with E-state index in [0.29, 0.717) is 5.70 Å². The number of allylic oxidation sites excluding steroid dienone is 3. The van der Waals surface area contributed by atoms with Crippen LogP contribution in [0.3, 0.4) is 0 Å². The topological polar surface area (TPSA) is 40.6 Å². The minimum Gasteiger partial charge on any atom is -0.349 e. The van der Waals surface area contributed by atoms with Gasteiger partial charge < -0.3 is 4.90 Å². The third-order valence-electron chi connectivity index (χ3n) is 5.08. The molecule has 0 bridgehead atoms. The van der Waals surface area contributed by atoms with Crippen molar-refractivity contribution in [2.45, 2.75) is 30.6 Å². The second-order valence-corrected chi connectivity index (χ2v) is 8.64. The summed E-state index contributed by atoms with van der Waals surface area (Å²) < 4.78 is 41.4. The number of benzene rings is 1. The first-order valence-corrected chi connectivity index (χ1v) is 10.2. The number of sulfonamides is 1. The maximum atomic E-state index is 13.6. The highest BCUT2D eigenvalue weighted by atomic mass is 32.2. The van der Waals surface area contributed by atoms with Crippen molar-refractivity contribution in [1.82, 2.24) is 9.21 Å². The average molecular weight is 372 g/mol. The van der Waals surface area contributed by atoms with E-state index in [0.717, 1.165) is 36.6 Å². The molecule has 4 rings (SSSR count). The normalized spacial score (nSPS) is 20.2. The molecular formula is C20H21FN2O2S. The lowest BCUT2D eigenvalue weighted by Crippen LogP contribution is -2.30. The molecular weight excluding hydrogens is 351 g/mol. The molecule has 1 aromatic carbocycles. The Labute approximate surface area is 153 Å². The molecule has 0 radical (unpaired) electrons. The maximum Gasteiger partial charge on any atom is 0.264 e. The molecule has 2 aliphatic heterocycles. The first-order chi connectivity index (χ1) is 12.5. The molecule has 136 valence electrons. The van der Waals surface area contributed by atoms with Gasteiger partial charge in [0.15, 0.2) is 0 Å². The third kappa shape index (κ3) is 2.78. The summed E-state index contributed by atoms with van der Waals surface area (Å²) >= 11 is 0. The lowest BCUT2D eigenvalue weighted by atomic mass is 9.92. The zero-order valence-corrected chi connectivity index (χ0v) is 15.5. The van der Waals surface area contributed by atoms with Gasteiger partial charge in [0.05, 0.1) is 22.8 Å². The number of hydrogen-bond donors (Lipinski definition) is 0. The van der Waals surface area contributed by atoms with E-state index in [9.17, 15) is 12.8 Å². The zero-order valence-electron chi connectivity index (χ0n) is 14.7. The van der Waals surface area contributed by atoms with Crippen molar-refractivity contribution in [2.75, 3.05) is 13.6 Å². The van der Waals surface area contributed by atoms with Gasteiger partial charge in [-0.3, -0.25) is 4.31 Å². The Balaban J connectivity index is 1.79. The molecule has 4 nitrogen and oxygen atoms in total. The Kier molecular flexibility index (Phi) is 4.23. The molecule has 2 heterocycles. The summed E-state index contributed by atoms with van der Waals surface area (Å²) in [4.78, 5) is 1.95. The van der Waals surface area contributed by atoms with Gasteiger partial charge in [0.1, 0.15) is 5.82 Å². The van der Waals surface area contributed by atoms with Crippen molar-refractivity contribution < 1.29 is 12.8 Å². The molecule has 0 fully saturated rings. The molecule has 0 aromatic heterocycles. The first kappa shape index (κ1) is 17.1. The molecule has 6 heteroatoms. The monoisotopic (exact) mass is 372 g/mol. The van der Waals surface area contributed by atoms with E-state index in [1.165, 1.54) is 34.5 Å². The van der Waals surface area contributed by atoms with Crippen LogP contribution in [0, 0.1) is 5.82 Å². The molecule has 0 saturated heterocycles. The summed E-state index contributed by atoms with van der Waals surface area (Å²) in [6.45, 7) is 0.290. The van der Waals surface area contributed by atoms with Crippen LogP contribution < -0.4 is 0 Å². The quantitative estimate of drug-likeness (QED) is 0.807. The predicted octanol–water partition coefficient (Wildman–Crippen LogP) is 3.93. The van der Waals surface area contributed by atoms with Crippen molar-refractivity contribution in [2.24, 2.45) is 0 Å². The first-order valence-electron chi connectivity index (χ1n) is 8.81. The third-order valence-corrected chi connectivity index (χ3v) is 6.83. The van der Waals surface area contributed by atoms with Crippen LogP contribution in [0.25, 0.3) is 0 Å². The van der Waals surface area contributed by atoms with Crippen LogP contribution in [0.4, 0.5) is 4.39 Å². The summed E-state index contributed by atoms with van der Waals surface area (Å²) in [7, 11) is -1.90. The van der Waals surface area contributed by atoms with Crippen LogP contribution in [-0.2, 0) is 10.0 Å². The van der Waals surface area contributed by atoms with Crippen molar-refractivity contribution in [1.29, 1.82) is 0 Å². The molecule has 0 spiro atoms. The zero-order chi connectivity index (χ0) is 18.3. The molecule has 0 N–H and O–H groups in total. The molecule has 0 saturated carbocycles. The van der Waals surface area contributed by atoms with Gasteiger partial charge in [-0.05, 0) is 61.6 Å². The van der Waals surface area contributed by atoms with Crippen molar-refractivity contribution in [3.63, 3.8) is 0 Å². The Morgan fingerprint density at radius 2 is 2.04 bits per heavy atom. The van der Waals surface area contributed by atoms with Gasteiger partial charge in [0.2, 0.25) is 0 Å². The van der Waals surface area contributed by atoms with Crippen LogP contribution in [0.15, 0.2) is 76.1 Å². The van der Waals surface area contributed by atoms with Gasteiger partial charge in [-0.25, -0.2) is 12.8 Å². The Bertz CT molecular complexity index is 973. The number of nitrogens with zero attached hydrogens (tertiary/aromatic N) is 2. The second-order valence-electron chi connectivity index (χ2n) is 6.78. The molecule has 0 atom stereocenters.